The van der Waals surface area contributed by atoms with Crippen LogP contribution in [0, 0.1) is 5.92 Å². The van der Waals surface area contributed by atoms with Crippen LogP contribution in [0.25, 0.3) is 0 Å². The second-order valence-corrected chi connectivity index (χ2v) is 6.82. The summed E-state index contributed by atoms with van der Waals surface area (Å²) in [6.07, 6.45) is 3.70. The highest BCUT2D eigenvalue weighted by Gasteiger charge is 2.13. The van der Waals surface area contributed by atoms with Crippen LogP contribution in [-0.4, -0.2) is 23.3 Å². The fraction of sp³-hybridized carbons (Fsp3) is 0.278. The molecule has 0 aliphatic heterocycles. The van der Waals surface area contributed by atoms with Gasteiger partial charge in [-0.3, -0.25) is 14.6 Å². The molecule has 1 aromatic carbocycles. The van der Waals surface area contributed by atoms with Gasteiger partial charge in [-0.15, -0.1) is 0 Å². The zero-order valence-electron chi connectivity index (χ0n) is 14.0. The normalized spacial score (nSPS) is 10.6. The molecular weight excluding hydrogens is 361 g/mol. The number of amides is 2. The van der Waals surface area contributed by atoms with Crippen LogP contribution in [0.4, 0.5) is 5.69 Å². The molecule has 0 fully saturated rings. The number of anilines is 1. The van der Waals surface area contributed by atoms with Crippen molar-refractivity contribution < 1.29 is 9.59 Å². The fourth-order valence-electron chi connectivity index (χ4n) is 2.05. The van der Waals surface area contributed by atoms with Gasteiger partial charge in [0, 0.05) is 24.0 Å². The molecule has 5 nitrogen and oxygen atoms in total. The number of hydrogen-bond acceptors (Lipinski definition) is 3. The number of aromatic nitrogens is 1. The molecule has 1 heterocycles. The largest absolute Gasteiger partial charge is 0.352 e. The van der Waals surface area contributed by atoms with Gasteiger partial charge in [-0.05, 0) is 36.6 Å². The van der Waals surface area contributed by atoms with E-state index in [1.165, 1.54) is 24.5 Å². The van der Waals surface area contributed by atoms with E-state index in [1.54, 1.807) is 12.1 Å². The molecule has 0 unspecified atom stereocenters. The van der Waals surface area contributed by atoms with Crippen molar-refractivity contribution in [2.24, 2.45) is 5.92 Å². The maximum Gasteiger partial charge on any atom is 0.257 e. The van der Waals surface area contributed by atoms with Crippen LogP contribution in [0.15, 0.2) is 36.7 Å². The smallest absolute Gasteiger partial charge is 0.257 e. The first-order chi connectivity index (χ1) is 11.9. The zero-order valence-corrected chi connectivity index (χ0v) is 15.5. The predicted octanol–water partition coefficient (Wildman–Crippen LogP) is 4.42. The molecule has 0 spiro atoms. The summed E-state index contributed by atoms with van der Waals surface area (Å²) in [5.74, 6) is -0.166. The number of benzene rings is 1. The molecule has 0 saturated carbocycles. The van der Waals surface area contributed by atoms with Gasteiger partial charge in [-0.1, -0.05) is 37.0 Å². The lowest BCUT2D eigenvalue weighted by atomic mass is 10.1. The monoisotopic (exact) mass is 379 g/mol. The summed E-state index contributed by atoms with van der Waals surface area (Å²) in [4.78, 5) is 28.5. The van der Waals surface area contributed by atoms with E-state index in [0.717, 1.165) is 6.42 Å². The van der Waals surface area contributed by atoms with E-state index < -0.39 is 5.91 Å². The van der Waals surface area contributed by atoms with E-state index in [-0.39, 0.29) is 11.5 Å². The highest BCUT2D eigenvalue weighted by molar-refractivity contribution is 6.36. The second kappa shape index (κ2) is 8.83. The van der Waals surface area contributed by atoms with Gasteiger partial charge in [0.05, 0.1) is 21.8 Å². The van der Waals surface area contributed by atoms with Crippen LogP contribution >= 0.6 is 23.2 Å². The molecule has 0 radical (unpaired) electrons. The quantitative estimate of drug-likeness (QED) is 0.780. The Hall–Kier alpha value is -2.11. The third-order valence-electron chi connectivity index (χ3n) is 3.45. The average molecular weight is 380 g/mol. The first kappa shape index (κ1) is 19.2. The highest BCUT2D eigenvalue weighted by atomic mass is 35.5. The summed E-state index contributed by atoms with van der Waals surface area (Å²) < 4.78 is 0. The van der Waals surface area contributed by atoms with Gasteiger partial charge in [-0.2, -0.15) is 0 Å². The summed E-state index contributed by atoms with van der Waals surface area (Å²) in [6.45, 7) is 4.74. The van der Waals surface area contributed by atoms with Crippen molar-refractivity contribution in [3.05, 3.63) is 57.8 Å². The lowest BCUT2D eigenvalue weighted by Crippen LogP contribution is -2.26. The Bertz CT molecular complexity index is 779. The number of hydrogen-bond donors (Lipinski definition) is 2. The van der Waals surface area contributed by atoms with Crippen molar-refractivity contribution in [1.29, 1.82) is 0 Å². The number of carbonyl (C=O) groups excluding carboxylic acids is 2. The third-order valence-corrected chi connectivity index (χ3v) is 4.00. The molecule has 2 amide bonds. The van der Waals surface area contributed by atoms with Crippen molar-refractivity contribution in [3.8, 4) is 0 Å². The van der Waals surface area contributed by atoms with E-state index in [1.807, 2.05) is 0 Å². The molecule has 0 aliphatic rings. The average Bonchev–Trinajstić information content (AvgIpc) is 2.57. The first-order valence-electron chi connectivity index (χ1n) is 7.86. The number of nitrogens with one attached hydrogen (secondary N) is 2. The van der Waals surface area contributed by atoms with Crippen molar-refractivity contribution >= 4 is 40.7 Å². The molecular formula is C18H19Cl2N3O2. The summed E-state index contributed by atoms with van der Waals surface area (Å²) in [5, 5.41) is 6.30. The molecule has 2 aromatic rings. The molecule has 0 saturated heterocycles. The van der Waals surface area contributed by atoms with Gasteiger partial charge in [-0.25, -0.2) is 0 Å². The lowest BCUT2D eigenvalue weighted by Gasteiger charge is -2.09. The Balaban J connectivity index is 2.06. The Kier molecular flexibility index (Phi) is 6.79. The Morgan fingerprint density at radius 3 is 2.40 bits per heavy atom. The first-order valence-corrected chi connectivity index (χ1v) is 8.62. The van der Waals surface area contributed by atoms with Crippen molar-refractivity contribution in [2.75, 3.05) is 11.9 Å². The number of halogens is 2. The molecule has 2 N–H and O–H groups in total. The molecule has 7 heteroatoms. The Labute approximate surface area is 156 Å². The van der Waals surface area contributed by atoms with Crippen LogP contribution < -0.4 is 10.6 Å². The summed E-state index contributed by atoms with van der Waals surface area (Å²) in [7, 11) is 0. The van der Waals surface area contributed by atoms with Crippen LogP contribution in [0.3, 0.4) is 0 Å². The number of pyridine rings is 1. The topological polar surface area (TPSA) is 71.1 Å². The predicted molar refractivity (Wildman–Crippen MR) is 100 cm³/mol. The van der Waals surface area contributed by atoms with Crippen LogP contribution in [-0.2, 0) is 0 Å². The van der Waals surface area contributed by atoms with Crippen LogP contribution in [0.1, 0.15) is 41.0 Å². The second-order valence-electron chi connectivity index (χ2n) is 5.98. The van der Waals surface area contributed by atoms with E-state index in [2.05, 4.69) is 29.5 Å². The summed E-state index contributed by atoms with van der Waals surface area (Å²) in [5.41, 5.74) is 1.03. The minimum Gasteiger partial charge on any atom is -0.352 e. The minimum atomic E-state index is -0.409. The van der Waals surface area contributed by atoms with Crippen LogP contribution in [0.2, 0.25) is 10.0 Å². The molecule has 2 rings (SSSR count). The SMILES string of the molecule is CC(C)CCNC(=O)c1cncc(C(=O)Nc2ccc(Cl)cc2Cl)c1. The molecule has 25 heavy (non-hydrogen) atoms. The zero-order chi connectivity index (χ0) is 18.4. The van der Waals surface area contributed by atoms with Crippen molar-refractivity contribution in [2.45, 2.75) is 20.3 Å². The molecule has 0 aliphatic carbocycles. The number of carbonyl (C=O) groups is 2. The van der Waals surface area contributed by atoms with Gasteiger partial charge in [0.1, 0.15) is 0 Å². The van der Waals surface area contributed by atoms with Gasteiger partial charge in [0.25, 0.3) is 11.8 Å². The van der Waals surface area contributed by atoms with E-state index in [9.17, 15) is 9.59 Å². The van der Waals surface area contributed by atoms with Crippen molar-refractivity contribution in [3.63, 3.8) is 0 Å². The molecule has 1 aromatic heterocycles. The van der Waals surface area contributed by atoms with Crippen molar-refractivity contribution in [1.82, 2.24) is 10.3 Å². The third kappa shape index (κ3) is 5.73. The number of rotatable bonds is 6. The maximum atomic E-state index is 12.4. The summed E-state index contributed by atoms with van der Waals surface area (Å²) >= 11 is 11.9. The Morgan fingerprint density at radius 2 is 1.76 bits per heavy atom. The maximum absolute atomic E-state index is 12.4. The molecule has 0 atom stereocenters. The van der Waals surface area contributed by atoms with Gasteiger partial charge in [0.2, 0.25) is 0 Å². The van der Waals surface area contributed by atoms with Gasteiger partial charge in [0.15, 0.2) is 0 Å². The van der Waals surface area contributed by atoms with E-state index in [4.69, 9.17) is 23.2 Å². The fourth-order valence-corrected chi connectivity index (χ4v) is 2.51. The minimum absolute atomic E-state index is 0.257. The highest BCUT2D eigenvalue weighted by Crippen LogP contribution is 2.25. The Morgan fingerprint density at radius 1 is 1.08 bits per heavy atom. The number of nitrogens with zero attached hydrogens (tertiary/aromatic N) is 1. The molecule has 132 valence electrons. The van der Waals surface area contributed by atoms with E-state index >= 15 is 0 Å². The van der Waals surface area contributed by atoms with Gasteiger partial charge >= 0.3 is 0 Å². The lowest BCUT2D eigenvalue weighted by molar-refractivity contribution is 0.0951. The van der Waals surface area contributed by atoms with Gasteiger partial charge < -0.3 is 10.6 Å². The van der Waals surface area contributed by atoms with E-state index in [0.29, 0.717) is 33.8 Å². The molecule has 0 bridgehead atoms. The van der Waals surface area contributed by atoms with Crippen LogP contribution in [0.5, 0.6) is 0 Å². The summed E-state index contributed by atoms with van der Waals surface area (Å²) in [6, 6.07) is 6.27. The standard InChI is InChI=1S/C18H19Cl2N3O2/c1-11(2)5-6-22-17(24)12-7-13(10-21-9-12)18(25)23-16-4-3-14(19)8-15(16)20/h3-4,7-11H,5-6H2,1-2H3,(H,22,24)(H,23,25).